The lowest BCUT2D eigenvalue weighted by molar-refractivity contribution is -0.141. The molecule has 2 heterocycles. The second-order valence-corrected chi connectivity index (χ2v) is 9.05. The predicted molar refractivity (Wildman–Crippen MR) is 166 cm³/mol. The van der Waals surface area contributed by atoms with Gasteiger partial charge in [0.1, 0.15) is 11.5 Å². The van der Waals surface area contributed by atoms with Crippen molar-refractivity contribution >= 4 is 17.4 Å². The molecule has 0 fully saturated rings. The number of hydrogen-bond acceptors (Lipinski definition) is 6. The average Bonchev–Trinajstić information content (AvgIpc) is 2.86. The molecule has 0 bridgehead atoms. The van der Waals surface area contributed by atoms with Gasteiger partial charge in [-0.15, -0.1) is 6.58 Å². The molecule has 2 aromatic heterocycles. The summed E-state index contributed by atoms with van der Waals surface area (Å²) in [4.78, 5) is 11.1. The lowest BCUT2D eigenvalue weighted by atomic mass is 10.2. The Labute approximate surface area is 244 Å². The third-order valence-electron chi connectivity index (χ3n) is 3.61. The number of aromatic nitrogens is 2. The largest absolute Gasteiger partial charge is 0.481 e. The maximum atomic E-state index is 12.1. The van der Waals surface area contributed by atoms with Crippen molar-refractivity contribution in [3.05, 3.63) is 76.9 Å². The topological polar surface area (TPSA) is 125 Å². The van der Waals surface area contributed by atoms with E-state index in [0.29, 0.717) is 11.4 Å². The summed E-state index contributed by atoms with van der Waals surface area (Å²) in [5.41, 5.74) is 16.9. The van der Waals surface area contributed by atoms with E-state index in [1.54, 1.807) is 33.0 Å². The molecule has 0 aromatic carbocycles. The minimum Gasteiger partial charge on any atom is -0.481 e. The van der Waals surface area contributed by atoms with E-state index in [1.807, 2.05) is 39.8 Å². The highest BCUT2D eigenvalue weighted by Crippen LogP contribution is 2.29. The Hall–Kier alpha value is -3.11. The van der Waals surface area contributed by atoms with E-state index >= 15 is 0 Å². The Balaban J connectivity index is -0.000000211. The molecule has 0 aliphatic rings. The van der Waals surface area contributed by atoms with Gasteiger partial charge in [0.05, 0.1) is 23.9 Å². The molecule has 2 aromatic rings. The summed E-state index contributed by atoms with van der Waals surface area (Å²) in [5, 5.41) is 0.737. The van der Waals surface area contributed by atoms with Crippen molar-refractivity contribution in [2.24, 2.45) is 28.1 Å². The van der Waals surface area contributed by atoms with Crippen LogP contribution in [0.25, 0.3) is 0 Å². The van der Waals surface area contributed by atoms with E-state index < -0.39 is 11.9 Å². The van der Waals surface area contributed by atoms with Crippen molar-refractivity contribution < 1.29 is 17.9 Å². The number of rotatable bonds is 2. The molecule has 230 valence electrons. The molecule has 0 spiro atoms. The van der Waals surface area contributed by atoms with E-state index in [-0.39, 0.29) is 11.9 Å². The van der Waals surface area contributed by atoms with Gasteiger partial charge in [-0.05, 0) is 71.9 Å². The van der Waals surface area contributed by atoms with Crippen molar-refractivity contribution in [1.29, 1.82) is 0 Å². The minimum atomic E-state index is -4.42. The molecule has 0 aliphatic heterocycles. The number of aryl methyl sites for hydroxylation is 3. The molecule has 0 saturated carbocycles. The smallest absolute Gasteiger partial charge is 0.433 e. The SMILES string of the molecule is C/C=C\N.C=CC.CC(C)C.CN=C(N)C(C)N.COc1nc(C(F)(F)F)ccc1C.Cc1ccc(Cl)c(C)n1. The van der Waals surface area contributed by atoms with Crippen molar-refractivity contribution in [2.45, 2.75) is 74.5 Å². The third-order valence-corrected chi connectivity index (χ3v) is 4.01. The Kier molecular flexibility index (Phi) is 28.7. The van der Waals surface area contributed by atoms with Gasteiger partial charge in [0.25, 0.3) is 0 Å². The van der Waals surface area contributed by atoms with Crippen LogP contribution in [0.15, 0.2) is 54.2 Å². The number of amidine groups is 1. The van der Waals surface area contributed by atoms with E-state index in [2.05, 4.69) is 47.0 Å². The number of methoxy groups -OCH3 is 1. The van der Waals surface area contributed by atoms with Crippen LogP contribution in [0.4, 0.5) is 13.2 Å². The average molecular weight is 591 g/mol. The molecule has 1 unspecified atom stereocenters. The minimum absolute atomic E-state index is 0.00910. The summed E-state index contributed by atoms with van der Waals surface area (Å²) in [5.74, 6) is 1.34. The molecule has 40 heavy (non-hydrogen) atoms. The van der Waals surface area contributed by atoms with Crippen LogP contribution in [0, 0.1) is 26.7 Å². The van der Waals surface area contributed by atoms with Gasteiger partial charge in [-0.1, -0.05) is 50.6 Å². The van der Waals surface area contributed by atoms with Gasteiger partial charge in [-0.3, -0.25) is 9.98 Å². The lowest BCUT2D eigenvalue weighted by Crippen LogP contribution is -2.33. The number of allylic oxidation sites excluding steroid dienone is 2. The number of nitrogens with zero attached hydrogens (tertiary/aromatic N) is 3. The van der Waals surface area contributed by atoms with Crippen LogP contribution in [-0.4, -0.2) is 36.0 Å². The Bertz CT molecular complexity index is 972. The van der Waals surface area contributed by atoms with Crippen LogP contribution in [-0.2, 0) is 6.18 Å². The molecular weight excluding hydrogens is 541 g/mol. The number of ether oxygens (including phenoxy) is 1. The van der Waals surface area contributed by atoms with Gasteiger partial charge in [0.15, 0.2) is 0 Å². The maximum Gasteiger partial charge on any atom is 0.433 e. The number of aliphatic imine (C=N–C) groups is 1. The van der Waals surface area contributed by atoms with Gasteiger partial charge >= 0.3 is 6.18 Å². The number of alkyl halides is 3. The van der Waals surface area contributed by atoms with E-state index in [1.165, 1.54) is 19.4 Å². The van der Waals surface area contributed by atoms with E-state index in [4.69, 9.17) is 28.8 Å². The second-order valence-electron chi connectivity index (χ2n) is 8.64. The van der Waals surface area contributed by atoms with Crippen LogP contribution < -0.4 is 21.9 Å². The van der Waals surface area contributed by atoms with Gasteiger partial charge in [-0.2, -0.15) is 13.2 Å². The van der Waals surface area contributed by atoms with Crippen LogP contribution in [0.1, 0.15) is 64.2 Å². The first-order valence-corrected chi connectivity index (χ1v) is 12.8. The van der Waals surface area contributed by atoms with Gasteiger partial charge in [-0.25, -0.2) is 4.98 Å². The summed E-state index contributed by atoms with van der Waals surface area (Å²) in [6.07, 6.45) is 0.612. The van der Waals surface area contributed by atoms with Crippen molar-refractivity contribution in [1.82, 2.24) is 9.97 Å². The first-order chi connectivity index (χ1) is 18.4. The molecule has 11 heteroatoms. The summed E-state index contributed by atoms with van der Waals surface area (Å²) < 4.78 is 41.0. The highest BCUT2D eigenvalue weighted by Gasteiger charge is 2.32. The van der Waals surface area contributed by atoms with Crippen LogP contribution in [0.2, 0.25) is 5.02 Å². The number of nitrogens with two attached hydrogens (primary N) is 3. The van der Waals surface area contributed by atoms with Crippen molar-refractivity contribution in [3.63, 3.8) is 0 Å². The van der Waals surface area contributed by atoms with Gasteiger partial charge < -0.3 is 21.9 Å². The molecule has 7 nitrogen and oxygen atoms in total. The van der Waals surface area contributed by atoms with Crippen molar-refractivity contribution in [3.8, 4) is 5.88 Å². The normalized spacial score (nSPS) is 11.0. The van der Waals surface area contributed by atoms with Crippen LogP contribution in [0.3, 0.4) is 0 Å². The molecule has 2 rings (SSSR count). The molecule has 0 radical (unpaired) electrons. The quantitative estimate of drug-likeness (QED) is 0.190. The third kappa shape index (κ3) is 27.9. The second kappa shape index (κ2) is 26.1. The number of hydrogen-bond donors (Lipinski definition) is 3. The fraction of sp³-hybridized carbons (Fsp3) is 0.483. The van der Waals surface area contributed by atoms with Gasteiger partial charge in [0.2, 0.25) is 5.88 Å². The molecule has 1 atom stereocenters. The highest BCUT2D eigenvalue weighted by atomic mass is 35.5. The maximum absolute atomic E-state index is 12.1. The molecule has 6 N–H and O–H groups in total. The fourth-order valence-corrected chi connectivity index (χ4v) is 1.85. The Morgan fingerprint density at radius 3 is 1.75 bits per heavy atom. The van der Waals surface area contributed by atoms with Gasteiger partial charge in [0, 0.05) is 18.3 Å². The Morgan fingerprint density at radius 1 is 1.05 bits per heavy atom. The molecule has 0 saturated heterocycles. The lowest BCUT2D eigenvalue weighted by Gasteiger charge is -2.08. The number of halogens is 4. The summed E-state index contributed by atoms with van der Waals surface area (Å²) >= 11 is 5.72. The first kappa shape index (κ1) is 43.9. The van der Waals surface area contributed by atoms with Crippen LogP contribution >= 0.6 is 11.6 Å². The zero-order valence-electron chi connectivity index (χ0n) is 25.9. The molecular formula is C29H50ClF3N6O. The summed E-state index contributed by atoms with van der Waals surface area (Å²) in [6.45, 7) is 20.9. The Morgan fingerprint density at radius 2 is 1.50 bits per heavy atom. The zero-order chi connectivity index (χ0) is 32.5. The van der Waals surface area contributed by atoms with E-state index in [0.717, 1.165) is 28.4 Å². The predicted octanol–water partition coefficient (Wildman–Crippen LogP) is 7.42. The van der Waals surface area contributed by atoms with Crippen molar-refractivity contribution in [2.75, 3.05) is 14.2 Å². The fourth-order valence-electron chi connectivity index (χ4n) is 1.75. The molecule has 0 aliphatic carbocycles. The zero-order valence-corrected chi connectivity index (χ0v) is 26.7. The standard InChI is InChI=1S/C8H8F3NO.C7H8ClN.C4H11N3.C4H10.C3H7N.C3H6/c1-5-3-4-6(8(9,10)11)12-7(5)13-2;1-5-3-4-7(8)6(2)9-5;1-3(5)4(6)7-2;1-4(2)3;1-2-3-4;1-3-2/h3-4H,1-2H3;3-4H,1-2H3;3H,5H2,1-2H3,(H2,6,7);4H,1-3H3;2-3H,4H2,1H3;3H,1H2,2H3/b;;;;3-2-;. The van der Waals surface area contributed by atoms with E-state index in [9.17, 15) is 13.2 Å². The molecule has 0 amide bonds. The van der Waals surface area contributed by atoms with Crippen LogP contribution in [0.5, 0.6) is 5.88 Å². The monoisotopic (exact) mass is 590 g/mol. The number of pyridine rings is 2. The summed E-state index contributed by atoms with van der Waals surface area (Å²) in [7, 11) is 2.91. The first-order valence-electron chi connectivity index (χ1n) is 12.5. The summed E-state index contributed by atoms with van der Waals surface area (Å²) in [6, 6.07) is 5.91. The highest BCUT2D eigenvalue weighted by molar-refractivity contribution is 6.31.